The van der Waals surface area contributed by atoms with Gasteiger partial charge in [0.2, 0.25) is 11.8 Å². The Hall–Kier alpha value is -6.80. The van der Waals surface area contributed by atoms with E-state index in [0.717, 1.165) is 83.0 Å². The molecule has 10 rings (SSSR count). The molecule has 1 saturated carbocycles. The van der Waals surface area contributed by atoms with E-state index in [1.54, 1.807) is 23.0 Å². The zero-order valence-corrected chi connectivity index (χ0v) is 39.1. The maximum absolute atomic E-state index is 15.0. The summed E-state index contributed by atoms with van der Waals surface area (Å²) in [4.78, 5) is 66.7. The molecule has 1 saturated heterocycles. The van der Waals surface area contributed by atoms with Crippen molar-refractivity contribution in [3.63, 3.8) is 0 Å². The van der Waals surface area contributed by atoms with Crippen molar-refractivity contribution in [1.29, 1.82) is 0 Å². The Kier molecular flexibility index (Phi) is 12.4. The number of benzene rings is 4. The van der Waals surface area contributed by atoms with Crippen LogP contribution < -0.4 is 11.2 Å². The van der Waals surface area contributed by atoms with E-state index in [1.165, 1.54) is 20.8 Å². The van der Waals surface area contributed by atoms with Crippen LogP contribution in [0.5, 0.6) is 0 Å². The lowest BCUT2D eigenvalue weighted by Gasteiger charge is -2.37. The topological polar surface area (TPSA) is 111 Å². The maximum Gasteiger partial charge on any atom is 0.337 e. The Bertz CT molecular complexity index is 3220. The van der Waals surface area contributed by atoms with Gasteiger partial charge >= 0.3 is 5.69 Å². The van der Waals surface area contributed by atoms with Crippen LogP contribution in [0.4, 0.5) is 4.39 Å². The van der Waals surface area contributed by atoms with Gasteiger partial charge in [-0.15, -0.1) is 0 Å². The Morgan fingerprint density at radius 2 is 1.31 bits per heavy atom. The molecule has 5 heterocycles. The fourth-order valence-electron chi connectivity index (χ4n) is 10.8. The van der Waals surface area contributed by atoms with Gasteiger partial charge in [0, 0.05) is 101 Å². The Morgan fingerprint density at radius 1 is 0.706 bits per heavy atom. The standard InChI is InChI=1S/C55H57FN8O4/c1-36(2)59-26-24-58(25-27-59)31-39-16-18-40(19-17-39)41-10-9-11-47(28-41)63-53-50(29-44(56)30-57-53)54(67)64(55(63)68)46-22-20-45(21-23-46)60(32-42-34-61(37(3)65)51-14-7-5-12-48(42)51)33-43-35-62(38(4)66)52-15-8-6-13-49(43)52/h5-19,28-30,34-36,45-46H,20-27,31-33H2,1-4H3. The van der Waals surface area contributed by atoms with Crippen molar-refractivity contribution < 1.29 is 14.0 Å². The van der Waals surface area contributed by atoms with E-state index >= 15 is 0 Å². The second kappa shape index (κ2) is 18.7. The van der Waals surface area contributed by atoms with Crippen molar-refractivity contribution in [2.24, 2.45) is 0 Å². The summed E-state index contributed by atoms with van der Waals surface area (Å²) in [6, 6.07) is 33.3. The molecular weight excluding hydrogens is 856 g/mol. The molecule has 4 aromatic carbocycles. The minimum Gasteiger partial charge on any atom is -0.298 e. The summed E-state index contributed by atoms with van der Waals surface area (Å²) in [5.74, 6) is -0.805. The minimum absolute atomic E-state index is 0.0285. The average molecular weight is 913 g/mol. The number of hydrogen-bond donors (Lipinski definition) is 0. The second-order valence-corrected chi connectivity index (χ2v) is 19.0. The van der Waals surface area contributed by atoms with Crippen LogP contribution in [0.25, 0.3) is 49.7 Å². The van der Waals surface area contributed by atoms with Crippen molar-refractivity contribution in [3.05, 3.63) is 165 Å². The number of carbonyl (C=O) groups excluding carboxylic acids is 2. The van der Waals surface area contributed by atoms with Crippen LogP contribution in [0.1, 0.15) is 85.7 Å². The van der Waals surface area contributed by atoms with Crippen LogP contribution in [0.2, 0.25) is 0 Å². The highest BCUT2D eigenvalue weighted by molar-refractivity contribution is 5.94. The zero-order chi connectivity index (χ0) is 47.2. The maximum atomic E-state index is 15.0. The number of rotatable bonds is 11. The highest BCUT2D eigenvalue weighted by atomic mass is 19.1. The molecule has 12 nitrogen and oxygen atoms in total. The van der Waals surface area contributed by atoms with Crippen LogP contribution in [0, 0.1) is 5.82 Å². The fraction of sp³-hybridized carbons (Fsp3) is 0.327. The van der Waals surface area contributed by atoms with E-state index in [0.29, 0.717) is 50.5 Å². The lowest BCUT2D eigenvalue weighted by molar-refractivity contribution is 0.0933. The summed E-state index contributed by atoms with van der Waals surface area (Å²) in [6.07, 6.45) is 7.27. The number of fused-ring (bicyclic) bond motifs is 3. The quantitative estimate of drug-likeness (QED) is 0.126. The summed E-state index contributed by atoms with van der Waals surface area (Å²) in [5, 5.41) is 2.02. The lowest BCUT2D eigenvalue weighted by atomic mass is 9.89. The molecule has 0 unspecified atom stereocenters. The lowest BCUT2D eigenvalue weighted by Crippen LogP contribution is -2.48. The molecule has 0 spiro atoms. The number of nitrogens with zero attached hydrogens (tertiary/aromatic N) is 8. The van der Waals surface area contributed by atoms with Crippen molar-refractivity contribution >= 4 is 44.7 Å². The van der Waals surface area contributed by atoms with Gasteiger partial charge < -0.3 is 0 Å². The van der Waals surface area contributed by atoms with Crippen LogP contribution in [-0.4, -0.2) is 88.0 Å². The highest BCUT2D eigenvalue weighted by Gasteiger charge is 2.32. The molecule has 0 radical (unpaired) electrons. The molecular formula is C55H57FN8O4. The summed E-state index contributed by atoms with van der Waals surface area (Å²) in [6.45, 7) is 13.8. The van der Waals surface area contributed by atoms with Gasteiger partial charge in [0.1, 0.15) is 5.82 Å². The molecule has 1 aliphatic heterocycles. The molecule has 348 valence electrons. The normalized spacial score (nSPS) is 17.3. The van der Waals surface area contributed by atoms with E-state index in [-0.39, 0.29) is 28.9 Å². The smallest absolute Gasteiger partial charge is 0.298 e. The van der Waals surface area contributed by atoms with Crippen molar-refractivity contribution in [3.8, 4) is 16.8 Å². The van der Waals surface area contributed by atoms with Gasteiger partial charge in [-0.25, -0.2) is 18.7 Å². The van der Waals surface area contributed by atoms with Crippen molar-refractivity contribution in [2.75, 3.05) is 26.2 Å². The molecule has 13 heteroatoms. The third kappa shape index (κ3) is 8.66. The molecule has 0 N–H and O–H groups in total. The Balaban J connectivity index is 0.952. The predicted molar refractivity (Wildman–Crippen MR) is 266 cm³/mol. The van der Waals surface area contributed by atoms with Crippen LogP contribution in [0.3, 0.4) is 0 Å². The van der Waals surface area contributed by atoms with Crippen molar-refractivity contribution in [2.45, 2.75) is 91.1 Å². The number of para-hydroxylation sites is 2. The minimum atomic E-state index is -0.654. The summed E-state index contributed by atoms with van der Waals surface area (Å²) in [5.41, 5.74) is 6.40. The first-order valence-electron chi connectivity index (χ1n) is 23.8. The predicted octanol–water partition coefficient (Wildman–Crippen LogP) is 9.30. The molecule has 4 aromatic heterocycles. The fourth-order valence-corrected chi connectivity index (χ4v) is 10.8. The molecule has 0 atom stereocenters. The number of hydrogen-bond acceptors (Lipinski definition) is 8. The molecule has 8 aromatic rings. The average Bonchev–Trinajstić information content (AvgIpc) is 3.91. The summed E-state index contributed by atoms with van der Waals surface area (Å²) >= 11 is 0. The molecule has 2 fully saturated rings. The first-order valence-corrected chi connectivity index (χ1v) is 23.8. The van der Waals surface area contributed by atoms with E-state index in [2.05, 4.69) is 57.8 Å². The third-order valence-electron chi connectivity index (χ3n) is 14.4. The van der Waals surface area contributed by atoms with Gasteiger partial charge in [0.15, 0.2) is 5.65 Å². The van der Waals surface area contributed by atoms with Gasteiger partial charge in [0.25, 0.3) is 5.56 Å². The van der Waals surface area contributed by atoms with E-state index in [9.17, 15) is 23.6 Å². The number of piperazine rings is 1. The third-order valence-corrected chi connectivity index (χ3v) is 14.4. The molecule has 0 bridgehead atoms. The Labute approximate surface area is 394 Å². The zero-order valence-electron chi connectivity index (χ0n) is 39.1. The molecule has 68 heavy (non-hydrogen) atoms. The number of pyridine rings is 1. The van der Waals surface area contributed by atoms with E-state index < -0.39 is 23.1 Å². The summed E-state index contributed by atoms with van der Waals surface area (Å²) < 4.78 is 21.1. The molecule has 1 aliphatic carbocycles. The van der Waals surface area contributed by atoms with Crippen molar-refractivity contribution in [1.82, 2.24) is 38.0 Å². The molecule has 0 amide bonds. The van der Waals surface area contributed by atoms with Gasteiger partial charge in [-0.1, -0.05) is 72.8 Å². The van der Waals surface area contributed by atoms with Gasteiger partial charge in [-0.2, -0.15) is 0 Å². The highest BCUT2D eigenvalue weighted by Crippen LogP contribution is 2.35. The monoisotopic (exact) mass is 912 g/mol. The van der Waals surface area contributed by atoms with Crippen LogP contribution in [0.15, 0.2) is 131 Å². The number of aromatic nitrogens is 5. The SMILES string of the molecule is CC(=O)n1cc(CN(Cc2cn(C(C)=O)c3ccccc23)C2CCC(n3c(=O)c4cc(F)cnc4n(-c4cccc(-c5ccc(CN6CCN(C(C)C)CC6)cc5)c4)c3=O)CC2)c2ccccc21. The second-order valence-electron chi connectivity index (χ2n) is 19.0. The van der Waals surface area contributed by atoms with Gasteiger partial charge in [-0.3, -0.25) is 42.8 Å². The summed E-state index contributed by atoms with van der Waals surface area (Å²) in [7, 11) is 0. The number of halogens is 1. The largest absolute Gasteiger partial charge is 0.337 e. The number of carbonyl (C=O) groups is 2. The van der Waals surface area contributed by atoms with Gasteiger partial charge in [-0.05, 0) is 97.7 Å². The van der Waals surface area contributed by atoms with E-state index in [4.69, 9.17) is 0 Å². The first kappa shape index (κ1) is 45.0. The van der Waals surface area contributed by atoms with Gasteiger partial charge in [0.05, 0.1) is 28.3 Å². The van der Waals surface area contributed by atoms with E-state index in [1.807, 2.05) is 85.2 Å². The Morgan fingerprint density at radius 3 is 1.90 bits per heavy atom. The first-order chi connectivity index (χ1) is 32.9. The molecule has 2 aliphatic rings. The van der Waals surface area contributed by atoms with Crippen LogP contribution >= 0.6 is 0 Å². The van der Waals surface area contributed by atoms with Crippen LogP contribution in [-0.2, 0) is 19.6 Å².